The summed E-state index contributed by atoms with van der Waals surface area (Å²) >= 11 is 0. The van der Waals surface area contributed by atoms with Crippen LogP contribution in [0.2, 0.25) is 0 Å². The molecule has 24 heavy (non-hydrogen) atoms. The van der Waals surface area contributed by atoms with Gasteiger partial charge in [-0.25, -0.2) is 0 Å². The highest BCUT2D eigenvalue weighted by Gasteiger charge is 2.48. The summed E-state index contributed by atoms with van der Waals surface area (Å²) in [4.78, 5) is 0. The van der Waals surface area contributed by atoms with Crippen molar-refractivity contribution in [2.24, 2.45) is 22.9 Å². The Morgan fingerprint density at radius 2 is 0.833 bits per heavy atom. The van der Waals surface area contributed by atoms with Gasteiger partial charge >= 0.3 is 0 Å². The highest BCUT2D eigenvalue weighted by Crippen LogP contribution is 2.42. The van der Waals surface area contributed by atoms with Gasteiger partial charge in [-0.1, -0.05) is 60.7 Å². The SMILES string of the molecule is Cl.Cl.NC1=CC(N)(c2ccccc2)C(N)(c2ccccc2)C=C1N. The highest BCUT2D eigenvalue weighted by molar-refractivity contribution is 5.85. The van der Waals surface area contributed by atoms with Crippen molar-refractivity contribution in [3.05, 3.63) is 95.3 Å². The monoisotopic (exact) mass is 364 g/mol. The van der Waals surface area contributed by atoms with E-state index in [0.29, 0.717) is 11.4 Å². The molecule has 0 radical (unpaired) electrons. The molecule has 0 saturated heterocycles. The zero-order chi connectivity index (χ0) is 15.8. The molecule has 2 aromatic rings. The maximum atomic E-state index is 6.76. The lowest BCUT2D eigenvalue weighted by Gasteiger charge is -2.46. The number of nitrogens with two attached hydrogens (primary N) is 4. The van der Waals surface area contributed by atoms with E-state index in [2.05, 4.69) is 0 Å². The molecular weight excluding hydrogens is 343 g/mol. The van der Waals surface area contributed by atoms with Gasteiger partial charge in [0.05, 0.1) is 22.5 Å². The van der Waals surface area contributed by atoms with Crippen molar-refractivity contribution in [3.8, 4) is 0 Å². The zero-order valence-electron chi connectivity index (χ0n) is 13.1. The molecule has 0 spiro atoms. The molecule has 128 valence electrons. The van der Waals surface area contributed by atoms with E-state index >= 15 is 0 Å². The van der Waals surface area contributed by atoms with Gasteiger partial charge in [0.25, 0.3) is 0 Å². The Bertz CT molecular complexity index is 681. The van der Waals surface area contributed by atoms with Gasteiger partial charge in [-0.15, -0.1) is 24.8 Å². The van der Waals surface area contributed by atoms with Crippen molar-refractivity contribution in [2.45, 2.75) is 11.1 Å². The first-order valence-corrected chi connectivity index (χ1v) is 7.13. The quantitative estimate of drug-likeness (QED) is 0.655. The van der Waals surface area contributed by atoms with E-state index in [4.69, 9.17) is 22.9 Å². The molecule has 6 heteroatoms. The number of hydrogen-bond donors (Lipinski definition) is 4. The number of rotatable bonds is 2. The van der Waals surface area contributed by atoms with Gasteiger partial charge in [0, 0.05) is 0 Å². The zero-order valence-corrected chi connectivity index (χ0v) is 14.7. The van der Waals surface area contributed by atoms with Crippen LogP contribution in [0.3, 0.4) is 0 Å². The molecule has 0 bridgehead atoms. The first-order valence-electron chi connectivity index (χ1n) is 7.13. The van der Waals surface area contributed by atoms with Crippen molar-refractivity contribution < 1.29 is 0 Å². The Morgan fingerprint density at radius 1 is 0.542 bits per heavy atom. The molecule has 1 aliphatic rings. The van der Waals surface area contributed by atoms with Crippen LogP contribution >= 0.6 is 24.8 Å². The second-order valence-corrected chi connectivity index (χ2v) is 5.67. The van der Waals surface area contributed by atoms with Gasteiger partial charge in [0.2, 0.25) is 0 Å². The van der Waals surface area contributed by atoms with Crippen LogP contribution < -0.4 is 22.9 Å². The molecule has 2 unspecified atom stereocenters. The predicted octanol–water partition coefficient (Wildman–Crippen LogP) is 2.24. The topological polar surface area (TPSA) is 104 Å². The van der Waals surface area contributed by atoms with E-state index < -0.39 is 11.1 Å². The van der Waals surface area contributed by atoms with E-state index in [9.17, 15) is 0 Å². The van der Waals surface area contributed by atoms with Crippen molar-refractivity contribution >= 4 is 24.8 Å². The molecule has 0 amide bonds. The molecule has 0 saturated carbocycles. The smallest absolute Gasteiger partial charge is 0.0881 e. The largest absolute Gasteiger partial charge is 0.397 e. The minimum absolute atomic E-state index is 0. The summed E-state index contributed by atoms with van der Waals surface area (Å²) in [6.45, 7) is 0. The van der Waals surface area contributed by atoms with Crippen molar-refractivity contribution in [1.29, 1.82) is 0 Å². The van der Waals surface area contributed by atoms with Crippen LogP contribution in [0, 0.1) is 0 Å². The second kappa shape index (κ2) is 7.28. The molecule has 0 aromatic heterocycles. The Morgan fingerprint density at radius 3 is 1.12 bits per heavy atom. The lowest BCUT2D eigenvalue weighted by atomic mass is 9.66. The summed E-state index contributed by atoms with van der Waals surface area (Å²) in [5, 5.41) is 0. The molecule has 2 aromatic carbocycles. The van der Waals surface area contributed by atoms with Gasteiger partial charge in [-0.3, -0.25) is 0 Å². The van der Waals surface area contributed by atoms with Gasteiger partial charge in [0.15, 0.2) is 0 Å². The number of benzene rings is 2. The molecule has 3 rings (SSSR count). The Hall–Kier alpha value is -1.98. The number of halogens is 2. The van der Waals surface area contributed by atoms with Gasteiger partial charge in [-0.05, 0) is 23.3 Å². The summed E-state index contributed by atoms with van der Waals surface area (Å²) < 4.78 is 0. The van der Waals surface area contributed by atoms with Crippen LogP contribution in [-0.2, 0) is 11.1 Å². The van der Waals surface area contributed by atoms with E-state index in [1.165, 1.54) is 0 Å². The fourth-order valence-corrected chi connectivity index (χ4v) is 2.97. The lowest BCUT2D eigenvalue weighted by molar-refractivity contribution is 0.338. The molecule has 4 nitrogen and oxygen atoms in total. The van der Waals surface area contributed by atoms with Crippen LogP contribution in [0.15, 0.2) is 84.2 Å². The summed E-state index contributed by atoms with van der Waals surface area (Å²) in [6.07, 6.45) is 3.51. The third-order valence-electron chi connectivity index (χ3n) is 4.29. The minimum atomic E-state index is -0.984. The second-order valence-electron chi connectivity index (χ2n) is 5.67. The summed E-state index contributed by atoms with van der Waals surface area (Å²) in [6, 6.07) is 19.4. The molecule has 1 aliphatic carbocycles. The maximum Gasteiger partial charge on any atom is 0.0881 e. The molecule has 0 heterocycles. The standard InChI is InChI=1S/C18H20N4.2ClH/c19-15-11-17(21,13-7-3-1-4-8-13)18(22,12-16(15)20)14-9-5-2-6-10-14;;/h1-12H,19-22H2;2*1H. The van der Waals surface area contributed by atoms with Crippen molar-refractivity contribution in [3.63, 3.8) is 0 Å². The third-order valence-corrected chi connectivity index (χ3v) is 4.29. The molecule has 0 fully saturated rings. The predicted molar refractivity (Wildman–Crippen MR) is 104 cm³/mol. The van der Waals surface area contributed by atoms with Crippen molar-refractivity contribution in [1.82, 2.24) is 0 Å². The van der Waals surface area contributed by atoms with E-state index in [-0.39, 0.29) is 24.8 Å². The Labute approximate surface area is 154 Å². The fraction of sp³-hybridized carbons (Fsp3) is 0.111. The van der Waals surface area contributed by atoms with Crippen LogP contribution in [0.5, 0.6) is 0 Å². The van der Waals surface area contributed by atoms with Crippen LogP contribution in [0.4, 0.5) is 0 Å². The molecule has 2 atom stereocenters. The summed E-state index contributed by atoms with van der Waals surface area (Å²) in [7, 11) is 0. The average molecular weight is 365 g/mol. The van der Waals surface area contributed by atoms with E-state index in [1.54, 1.807) is 12.2 Å². The van der Waals surface area contributed by atoms with Gasteiger partial charge < -0.3 is 22.9 Å². The average Bonchev–Trinajstić information content (AvgIpc) is 2.55. The number of hydrogen-bond acceptors (Lipinski definition) is 4. The minimum Gasteiger partial charge on any atom is -0.397 e. The fourth-order valence-electron chi connectivity index (χ4n) is 2.97. The van der Waals surface area contributed by atoms with Crippen LogP contribution in [0.1, 0.15) is 11.1 Å². The lowest BCUT2D eigenvalue weighted by Crippen LogP contribution is -2.61. The summed E-state index contributed by atoms with van der Waals surface area (Å²) in [5.41, 5.74) is 26.3. The highest BCUT2D eigenvalue weighted by atomic mass is 35.5. The Balaban J connectivity index is 0.00000144. The summed E-state index contributed by atoms with van der Waals surface area (Å²) in [5.74, 6) is 0. The molecular formula is C18H22Cl2N4. The van der Waals surface area contributed by atoms with Gasteiger partial charge in [-0.2, -0.15) is 0 Å². The van der Waals surface area contributed by atoms with Crippen molar-refractivity contribution in [2.75, 3.05) is 0 Å². The molecule has 0 aliphatic heterocycles. The van der Waals surface area contributed by atoms with E-state index in [0.717, 1.165) is 11.1 Å². The van der Waals surface area contributed by atoms with Crippen LogP contribution in [0.25, 0.3) is 0 Å². The first kappa shape index (κ1) is 20.1. The Kier molecular flexibility index (Phi) is 6.09. The van der Waals surface area contributed by atoms with Gasteiger partial charge in [0.1, 0.15) is 0 Å². The van der Waals surface area contributed by atoms with Crippen LogP contribution in [-0.4, -0.2) is 0 Å². The van der Waals surface area contributed by atoms with E-state index in [1.807, 2.05) is 60.7 Å². The first-order chi connectivity index (χ1) is 10.5. The maximum absolute atomic E-state index is 6.76. The molecule has 8 N–H and O–H groups in total. The third kappa shape index (κ3) is 3.01. The normalized spacial score (nSPS) is 25.6.